The van der Waals surface area contributed by atoms with E-state index in [2.05, 4.69) is 15.3 Å². The summed E-state index contributed by atoms with van der Waals surface area (Å²) in [5, 5.41) is 5.22. The molecule has 0 bridgehead atoms. The molecule has 156 valence electrons. The van der Waals surface area contributed by atoms with Crippen molar-refractivity contribution in [3.63, 3.8) is 0 Å². The summed E-state index contributed by atoms with van der Waals surface area (Å²) in [6.07, 6.45) is 3.37. The van der Waals surface area contributed by atoms with Crippen LogP contribution >= 0.6 is 11.3 Å². The Morgan fingerprint density at radius 2 is 1.94 bits per heavy atom. The molecule has 4 rings (SSSR count). The third kappa shape index (κ3) is 5.29. The largest absolute Gasteiger partial charge is 0.489 e. The van der Waals surface area contributed by atoms with Gasteiger partial charge < -0.3 is 10.1 Å². The molecule has 0 atom stereocenters. The van der Waals surface area contributed by atoms with Gasteiger partial charge in [0, 0.05) is 41.5 Å². The normalized spacial score (nSPS) is 10.6. The number of amides is 1. The quantitative estimate of drug-likeness (QED) is 0.442. The fourth-order valence-corrected chi connectivity index (χ4v) is 3.59. The number of hydrogen-bond donors (Lipinski definition) is 1. The van der Waals surface area contributed by atoms with Gasteiger partial charge in [0.05, 0.1) is 0 Å². The fourth-order valence-electron chi connectivity index (χ4n) is 2.78. The van der Waals surface area contributed by atoms with E-state index in [9.17, 15) is 13.6 Å². The number of nitrogens with one attached hydrogen (secondary N) is 1. The van der Waals surface area contributed by atoms with Crippen LogP contribution in [-0.2, 0) is 13.2 Å². The molecule has 0 fully saturated rings. The van der Waals surface area contributed by atoms with Gasteiger partial charge in [-0.3, -0.25) is 9.78 Å². The number of halogens is 2. The Morgan fingerprint density at radius 1 is 1.10 bits per heavy atom. The maximum Gasteiger partial charge on any atom is 0.271 e. The average Bonchev–Trinajstić information content (AvgIpc) is 3.28. The Kier molecular flexibility index (Phi) is 6.28. The second kappa shape index (κ2) is 9.44. The minimum atomic E-state index is -0.645. The lowest BCUT2D eigenvalue weighted by atomic mass is 10.2. The summed E-state index contributed by atoms with van der Waals surface area (Å²) < 4.78 is 32.2. The van der Waals surface area contributed by atoms with E-state index in [0.29, 0.717) is 23.0 Å². The molecule has 0 unspecified atom stereocenters. The number of rotatable bonds is 7. The van der Waals surface area contributed by atoms with Gasteiger partial charge in [-0.15, -0.1) is 11.3 Å². The second-order valence-corrected chi connectivity index (χ2v) is 7.49. The molecule has 2 aromatic carbocycles. The van der Waals surface area contributed by atoms with Gasteiger partial charge in [-0.2, -0.15) is 0 Å². The van der Waals surface area contributed by atoms with E-state index in [1.807, 2.05) is 24.3 Å². The molecule has 4 aromatic rings. The topological polar surface area (TPSA) is 64.1 Å². The van der Waals surface area contributed by atoms with E-state index in [1.54, 1.807) is 29.9 Å². The Balaban J connectivity index is 1.36. The highest BCUT2D eigenvalue weighted by molar-refractivity contribution is 7.13. The third-order valence-corrected chi connectivity index (χ3v) is 5.31. The van der Waals surface area contributed by atoms with E-state index in [1.165, 1.54) is 23.5 Å². The molecule has 0 radical (unpaired) electrons. The van der Waals surface area contributed by atoms with Gasteiger partial charge in [0.15, 0.2) is 0 Å². The Morgan fingerprint density at radius 3 is 2.68 bits per heavy atom. The van der Waals surface area contributed by atoms with Crippen molar-refractivity contribution in [3.05, 3.63) is 101 Å². The first kappa shape index (κ1) is 20.6. The Hall–Kier alpha value is -3.65. The molecular formula is C23H17F2N3O2S. The molecule has 8 heteroatoms. The van der Waals surface area contributed by atoms with Crippen molar-refractivity contribution >= 4 is 17.2 Å². The molecule has 31 heavy (non-hydrogen) atoms. The number of aromatic nitrogens is 2. The predicted octanol–water partition coefficient (Wildman–Crippen LogP) is 4.99. The number of pyridine rings is 1. The second-order valence-electron chi connectivity index (χ2n) is 6.63. The number of nitrogens with zero attached hydrogens (tertiary/aromatic N) is 2. The van der Waals surface area contributed by atoms with Gasteiger partial charge in [0.2, 0.25) is 0 Å². The van der Waals surface area contributed by atoms with Crippen molar-refractivity contribution in [2.24, 2.45) is 0 Å². The van der Waals surface area contributed by atoms with E-state index >= 15 is 0 Å². The fraction of sp³-hybridized carbons (Fsp3) is 0.0870. The maximum atomic E-state index is 13.7. The highest BCUT2D eigenvalue weighted by Gasteiger charge is 2.12. The summed E-state index contributed by atoms with van der Waals surface area (Å²) in [5.41, 5.74) is 2.35. The monoisotopic (exact) mass is 437 g/mol. The van der Waals surface area contributed by atoms with Gasteiger partial charge >= 0.3 is 0 Å². The number of ether oxygens (including phenoxy) is 1. The molecule has 0 saturated heterocycles. The zero-order chi connectivity index (χ0) is 21.6. The average molecular weight is 437 g/mol. The van der Waals surface area contributed by atoms with E-state index < -0.39 is 11.6 Å². The van der Waals surface area contributed by atoms with E-state index in [4.69, 9.17) is 4.74 Å². The zero-order valence-electron chi connectivity index (χ0n) is 16.2. The molecule has 5 nitrogen and oxygen atoms in total. The molecule has 0 aliphatic carbocycles. The summed E-state index contributed by atoms with van der Waals surface area (Å²) in [4.78, 5) is 20.7. The van der Waals surface area contributed by atoms with Gasteiger partial charge in [-0.1, -0.05) is 6.07 Å². The first-order valence-electron chi connectivity index (χ1n) is 9.38. The Labute approximate surface area is 181 Å². The van der Waals surface area contributed by atoms with Gasteiger partial charge in [-0.25, -0.2) is 13.8 Å². The predicted molar refractivity (Wildman–Crippen MR) is 114 cm³/mol. The minimum Gasteiger partial charge on any atom is -0.489 e. The maximum absolute atomic E-state index is 13.7. The van der Waals surface area contributed by atoms with Gasteiger partial charge in [-0.05, 0) is 48.0 Å². The number of carbonyl (C=O) groups excluding carboxylic acids is 1. The van der Waals surface area contributed by atoms with Crippen molar-refractivity contribution in [1.29, 1.82) is 0 Å². The van der Waals surface area contributed by atoms with Crippen LogP contribution in [0.2, 0.25) is 0 Å². The summed E-state index contributed by atoms with van der Waals surface area (Å²) in [7, 11) is 0. The Bertz CT molecular complexity index is 1180. The first-order chi connectivity index (χ1) is 15.1. The highest BCUT2D eigenvalue weighted by Crippen LogP contribution is 2.26. The standard InChI is InChI=1S/C23H17F2N3O2S/c24-18-6-3-17(20(25)10-18)13-30-19-7-4-16(5-8-19)23-28-21(14-31-23)22(29)27-12-15-2-1-9-26-11-15/h1-11,14H,12-13H2,(H,27,29). The smallest absolute Gasteiger partial charge is 0.271 e. The van der Waals surface area contributed by atoms with E-state index in [0.717, 1.165) is 17.2 Å². The number of hydrogen-bond acceptors (Lipinski definition) is 5. The van der Waals surface area contributed by atoms with Crippen LogP contribution in [0.25, 0.3) is 10.6 Å². The zero-order valence-corrected chi connectivity index (χ0v) is 17.0. The summed E-state index contributed by atoms with van der Waals surface area (Å²) in [6, 6.07) is 14.2. The van der Waals surface area contributed by atoms with Crippen molar-refractivity contribution in [2.45, 2.75) is 13.2 Å². The van der Waals surface area contributed by atoms with Crippen molar-refractivity contribution in [3.8, 4) is 16.3 Å². The van der Waals surface area contributed by atoms with Crippen molar-refractivity contribution in [2.75, 3.05) is 0 Å². The molecule has 1 amide bonds. The van der Waals surface area contributed by atoms with E-state index in [-0.39, 0.29) is 18.1 Å². The summed E-state index contributed by atoms with van der Waals surface area (Å²) in [6.45, 7) is 0.365. The van der Waals surface area contributed by atoms with Gasteiger partial charge in [0.25, 0.3) is 5.91 Å². The number of thiazole rings is 1. The number of carbonyl (C=O) groups is 1. The lowest BCUT2D eigenvalue weighted by Gasteiger charge is -2.08. The first-order valence-corrected chi connectivity index (χ1v) is 10.3. The van der Waals surface area contributed by atoms with Crippen LogP contribution in [0.4, 0.5) is 8.78 Å². The highest BCUT2D eigenvalue weighted by atomic mass is 32.1. The lowest BCUT2D eigenvalue weighted by Crippen LogP contribution is -2.23. The molecule has 2 heterocycles. The summed E-state index contributed by atoms with van der Waals surface area (Å²) >= 11 is 1.36. The van der Waals surface area contributed by atoms with Crippen molar-refractivity contribution in [1.82, 2.24) is 15.3 Å². The molecule has 0 aliphatic rings. The molecule has 0 spiro atoms. The van der Waals surface area contributed by atoms with Crippen LogP contribution in [0.3, 0.4) is 0 Å². The van der Waals surface area contributed by atoms with Crippen LogP contribution in [-0.4, -0.2) is 15.9 Å². The minimum absolute atomic E-state index is 0.00995. The third-order valence-electron chi connectivity index (χ3n) is 4.42. The van der Waals surface area contributed by atoms with Gasteiger partial charge in [0.1, 0.15) is 34.7 Å². The van der Waals surface area contributed by atoms with Crippen LogP contribution in [0.1, 0.15) is 21.6 Å². The van der Waals surface area contributed by atoms with Crippen LogP contribution in [0.5, 0.6) is 5.75 Å². The van der Waals surface area contributed by atoms with Crippen LogP contribution in [0, 0.1) is 11.6 Å². The van der Waals surface area contributed by atoms with Crippen molar-refractivity contribution < 1.29 is 18.3 Å². The molecular weight excluding hydrogens is 420 g/mol. The molecule has 2 aromatic heterocycles. The molecule has 0 aliphatic heterocycles. The SMILES string of the molecule is O=C(NCc1cccnc1)c1csc(-c2ccc(OCc3ccc(F)cc3F)cc2)n1. The summed E-state index contributed by atoms with van der Waals surface area (Å²) in [5.74, 6) is -0.987. The molecule has 1 N–H and O–H groups in total. The lowest BCUT2D eigenvalue weighted by molar-refractivity contribution is 0.0946. The molecule has 0 saturated carbocycles. The van der Waals surface area contributed by atoms with Crippen LogP contribution in [0.15, 0.2) is 72.4 Å². The van der Waals surface area contributed by atoms with Crippen LogP contribution < -0.4 is 10.1 Å². The number of benzene rings is 2.